The molecule has 1 N–H and O–H groups in total. The van der Waals surface area contributed by atoms with Gasteiger partial charge in [-0.2, -0.15) is 0 Å². The summed E-state index contributed by atoms with van der Waals surface area (Å²) < 4.78 is 5.08. The molecule has 0 radical (unpaired) electrons. The Balaban J connectivity index is 2.27. The summed E-state index contributed by atoms with van der Waals surface area (Å²) in [5, 5.41) is 8.91. The van der Waals surface area contributed by atoms with Gasteiger partial charge >= 0.3 is 5.97 Å². The van der Waals surface area contributed by atoms with E-state index in [0.717, 1.165) is 11.3 Å². The zero-order chi connectivity index (χ0) is 14.0. The Morgan fingerprint density at radius 1 is 1.37 bits per heavy atom. The van der Waals surface area contributed by atoms with Gasteiger partial charge in [-0.1, -0.05) is 12.1 Å². The van der Waals surface area contributed by atoms with Gasteiger partial charge < -0.3 is 14.7 Å². The maximum Gasteiger partial charge on any atom is 0.327 e. The summed E-state index contributed by atoms with van der Waals surface area (Å²) in [7, 11) is 1.58. The molecule has 102 valence electrons. The number of hydrogen-bond acceptors (Lipinski definition) is 4. The first-order valence-corrected chi connectivity index (χ1v) is 6.86. The molecule has 0 bridgehead atoms. The zero-order valence-electron chi connectivity index (χ0n) is 10.7. The van der Waals surface area contributed by atoms with Crippen LogP contribution in [0.25, 0.3) is 0 Å². The van der Waals surface area contributed by atoms with Gasteiger partial charge in [-0.25, -0.2) is 4.79 Å². The predicted octanol–water partition coefficient (Wildman–Crippen LogP) is 1.74. The van der Waals surface area contributed by atoms with E-state index < -0.39 is 12.0 Å². The van der Waals surface area contributed by atoms with Gasteiger partial charge in [-0.05, 0) is 17.7 Å². The van der Waals surface area contributed by atoms with Crippen LogP contribution in [0.15, 0.2) is 24.3 Å². The molecule has 0 aliphatic carbocycles. The Morgan fingerprint density at radius 3 is 2.47 bits per heavy atom. The molecule has 6 heteroatoms. The lowest BCUT2D eigenvalue weighted by molar-refractivity contribution is -0.148. The number of carbonyl (C=O) groups is 2. The Hall–Kier alpha value is -1.69. The van der Waals surface area contributed by atoms with E-state index in [0.29, 0.717) is 5.75 Å². The van der Waals surface area contributed by atoms with Crippen LogP contribution in [0.2, 0.25) is 0 Å². The van der Waals surface area contributed by atoms with E-state index in [1.807, 2.05) is 24.3 Å². The van der Waals surface area contributed by atoms with Crippen LogP contribution in [0.5, 0.6) is 5.75 Å². The van der Waals surface area contributed by atoms with Crippen molar-refractivity contribution in [2.75, 3.05) is 12.9 Å². The fourth-order valence-electron chi connectivity index (χ4n) is 2.11. The van der Waals surface area contributed by atoms with Gasteiger partial charge in [0.15, 0.2) is 0 Å². The molecule has 1 amide bonds. The second-order valence-electron chi connectivity index (χ2n) is 4.24. The van der Waals surface area contributed by atoms with Gasteiger partial charge in [0.25, 0.3) is 0 Å². The smallest absolute Gasteiger partial charge is 0.327 e. The standard InChI is InChI=1S/C13H15NO4S/c1-8(15)14-11(13(16)17)7-19-12(14)9-3-5-10(18-2)6-4-9/h3-6,11-12H,7H2,1-2H3,(H,16,17)/t11-,12+/m0/s1. The minimum absolute atomic E-state index is 0.224. The summed E-state index contributed by atoms with van der Waals surface area (Å²) >= 11 is 1.47. The molecule has 1 heterocycles. The van der Waals surface area contributed by atoms with Crippen molar-refractivity contribution in [3.63, 3.8) is 0 Å². The Kier molecular flexibility index (Phi) is 3.99. The Labute approximate surface area is 115 Å². The Bertz CT molecular complexity index is 488. The van der Waals surface area contributed by atoms with Crippen molar-refractivity contribution in [2.24, 2.45) is 0 Å². The molecule has 19 heavy (non-hydrogen) atoms. The molecule has 0 unspecified atom stereocenters. The van der Waals surface area contributed by atoms with Crippen molar-refractivity contribution in [3.8, 4) is 5.75 Å². The molecule has 0 spiro atoms. The monoisotopic (exact) mass is 281 g/mol. The summed E-state index contributed by atoms with van der Waals surface area (Å²) in [5.74, 6) is -0.0427. The number of thioether (sulfide) groups is 1. The Morgan fingerprint density at radius 2 is 2.00 bits per heavy atom. The third-order valence-corrected chi connectivity index (χ3v) is 4.37. The maximum atomic E-state index is 11.7. The number of amides is 1. The van der Waals surface area contributed by atoms with Crippen molar-refractivity contribution in [1.82, 2.24) is 4.90 Å². The van der Waals surface area contributed by atoms with E-state index in [4.69, 9.17) is 9.84 Å². The normalized spacial score (nSPS) is 22.3. The molecule has 2 atom stereocenters. The third kappa shape index (κ3) is 2.68. The fourth-order valence-corrected chi connectivity index (χ4v) is 3.58. The number of carboxylic acids is 1. The van der Waals surface area contributed by atoms with E-state index in [2.05, 4.69) is 0 Å². The lowest BCUT2D eigenvalue weighted by Gasteiger charge is -2.26. The highest BCUT2D eigenvalue weighted by Crippen LogP contribution is 2.41. The first kappa shape index (κ1) is 13.7. The minimum atomic E-state index is -0.960. The van der Waals surface area contributed by atoms with E-state index in [-0.39, 0.29) is 11.3 Å². The molecule has 5 nitrogen and oxygen atoms in total. The number of benzene rings is 1. The molecule has 1 aromatic rings. The van der Waals surface area contributed by atoms with E-state index in [9.17, 15) is 9.59 Å². The largest absolute Gasteiger partial charge is 0.497 e. The molecule has 1 aromatic carbocycles. The average Bonchev–Trinajstić information content (AvgIpc) is 2.83. The van der Waals surface area contributed by atoms with Gasteiger partial charge in [0.05, 0.1) is 7.11 Å². The van der Waals surface area contributed by atoms with Crippen LogP contribution in [0.1, 0.15) is 17.9 Å². The van der Waals surface area contributed by atoms with Crippen molar-refractivity contribution in [3.05, 3.63) is 29.8 Å². The molecular formula is C13H15NO4S. The van der Waals surface area contributed by atoms with Crippen LogP contribution in [0, 0.1) is 0 Å². The second kappa shape index (κ2) is 5.52. The second-order valence-corrected chi connectivity index (χ2v) is 5.35. The summed E-state index contributed by atoms with van der Waals surface area (Å²) in [5.41, 5.74) is 0.907. The van der Waals surface area contributed by atoms with E-state index >= 15 is 0 Å². The summed E-state index contributed by atoms with van der Waals surface area (Å²) in [4.78, 5) is 24.3. The quantitative estimate of drug-likeness (QED) is 0.914. The number of carboxylic acid groups (broad SMARTS) is 1. The highest BCUT2D eigenvalue weighted by atomic mass is 32.2. The number of ether oxygens (including phenoxy) is 1. The molecule has 2 rings (SSSR count). The number of nitrogens with zero attached hydrogens (tertiary/aromatic N) is 1. The molecular weight excluding hydrogens is 266 g/mol. The number of methoxy groups -OCH3 is 1. The lowest BCUT2D eigenvalue weighted by atomic mass is 10.1. The predicted molar refractivity (Wildman–Crippen MR) is 72.1 cm³/mol. The third-order valence-electron chi connectivity index (χ3n) is 3.05. The number of carbonyl (C=O) groups excluding carboxylic acids is 1. The van der Waals surface area contributed by atoms with E-state index in [1.54, 1.807) is 7.11 Å². The maximum absolute atomic E-state index is 11.7. The van der Waals surface area contributed by atoms with Crippen LogP contribution in [-0.4, -0.2) is 40.8 Å². The van der Waals surface area contributed by atoms with Crippen molar-refractivity contribution in [1.29, 1.82) is 0 Å². The molecule has 0 saturated carbocycles. The summed E-state index contributed by atoms with van der Waals surface area (Å²) in [6, 6.07) is 6.58. The zero-order valence-corrected chi connectivity index (χ0v) is 11.5. The summed E-state index contributed by atoms with van der Waals surface area (Å²) in [6.45, 7) is 1.40. The van der Waals surface area contributed by atoms with Crippen molar-refractivity contribution < 1.29 is 19.4 Å². The number of aliphatic carboxylic acids is 1. The number of hydrogen-bond donors (Lipinski definition) is 1. The molecule has 1 fully saturated rings. The van der Waals surface area contributed by atoms with Crippen molar-refractivity contribution in [2.45, 2.75) is 18.3 Å². The van der Waals surface area contributed by atoms with Crippen LogP contribution >= 0.6 is 11.8 Å². The number of rotatable bonds is 3. The highest BCUT2D eigenvalue weighted by molar-refractivity contribution is 7.99. The van der Waals surface area contributed by atoms with Crippen molar-refractivity contribution >= 4 is 23.6 Å². The van der Waals surface area contributed by atoms with Gasteiger partial charge in [0.1, 0.15) is 17.2 Å². The first-order valence-electron chi connectivity index (χ1n) is 5.82. The van der Waals surface area contributed by atoms with Crippen LogP contribution in [0.3, 0.4) is 0 Å². The molecule has 1 aliphatic rings. The van der Waals surface area contributed by atoms with Crippen LogP contribution in [0.4, 0.5) is 0 Å². The topological polar surface area (TPSA) is 66.8 Å². The van der Waals surface area contributed by atoms with Gasteiger partial charge in [-0.3, -0.25) is 4.79 Å². The molecule has 1 aliphatic heterocycles. The van der Waals surface area contributed by atoms with Gasteiger partial charge in [0.2, 0.25) is 5.91 Å². The SMILES string of the molecule is COc1ccc([C@H]2SC[C@@H](C(=O)O)N2C(C)=O)cc1. The summed E-state index contributed by atoms with van der Waals surface area (Å²) in [6.07, 6.45) is 0. The van der Waals surface area contributed by atoms with Gasteiger partial charge in [0, 0.05) is 12.7 Å². The molecule has 0 aromatic heterocycles. The van der Waals surface area contributed by atoms with Crippen LogP contribution < -0.4 is 4.74 Å². The van der Waals surface area contributed by atoms with Gasteiger partial charge in [-0.15, -0.1) is 11.8 Å². The fraction of sp³-hybridized carbons (Fsp3) is 0.385. The lowest BCUT2D eigenvalue weighted by Crippen LogP contribution is -2.41. The minimum Gasteiger partial charge on any atom is -0.497 e. The average molecular weight is 281 g/mol. The van der Waals surface area contributed by atoms with E-state index in [1.165, 1.54) is 23.6 Å². The highest BCUT2D eigenvalue weighted by Gasteiger charge is 2.40. The first-order chi connectivity index (χ1) is 9.04. The van der Waals surface area contributed by atoms with Crippen LogP contribution in [-0.2, 0) is 9.59 Å². The molecule has 1 saturated heterocycles.